The second-order valence-electron chi connectivity index (χ2n) is 4.83. The molecule has 0 radical (unpaired) electrons. The summed E-state index contributed by atoms with van der Waals surface area (Å²) in [5, 5.41) is 10.5. The van der Waals surface area contributed by atoms with Gasteiger partial charge in [0.1, 0.15) is 10.8 Å². The van der Waals surface area contributed by atoms with Gasteiger partial charge in [0.2, 0.25) is 0 Å². The molecule has 0 aliphatic rings. The summed E-state index contributed by atoms with van der Waals surface area (Å²) >= 11 is 1.14. The summed E-state index contributed by atoms with van der Waals surface area (Å²) in [5.41, 5.74) is -0.00357. The Morgan fingerprint density at radius 2 is 1.96 bits per heavy atom. The molecule has 122 valence electrons. The average molecular weight is 343 g/mol. The van der Waals surface area contributed by atoms with E-state index in [-0.39, 0.29) is 25.0 Å². The lowest BCUT2D eigenvalue weighted by Crippen LogP contribution is -2.06. The largest absolute Gasteiger partial charge is 0.481 e. The van der Waals surface area contributed by atoms with Crippen LogP contribution in [-0.2, 0) is 22.2 Å². The second kappa shape index (κ2) is 6.91. The highest BCUT2D eigenvalue weighted by molar-refractivity contribution is 7.13. The second-order valence-corrected chi connectivity index (χ2v) is 5.69. The number of hydrogen-bond donors (Lipinski definition) is 1. The molecule has 8 heteroatoms. The van der Waals surface area contributed by atoms with E-state index in [0.717, 1.165) is 23.5 Å². The third-order valence-electron chi connectivity index (χ3n) is 2.98. The van der Waals surface area contributed by atoms with Crippen molar-refractivity contribution in [3.05, 3.63) is 40.9 Å². The molecule has 0 saturated heterocycles. The van der Waals surface area contributed by atoms with Crippen molar-refractivity contribution in [3.63, 3.8) is 0 Å². The molecule has 2 rings (SSSR count). The lowest BCUT2D eigenvalue weighted by molar-refractivity contribution is -0.138. The van der Waals surface area contributed by atoms with Crippen molar-refractivity contribution < 1.29 is 27.9 Å². The van der Waals surface area contributed by atoms with Gasteiger partial charge in [0.15, 0.2) is 0 Å². The summed E-state index contributed by atoms with van der Waals surface area (Å²) < 4.78 is 38.1. The predicted octanol–water partition coefficient (Wildman–Crippen LogP) is 3.81. The number of halogens is 3. The molecule has 1 aromatic heterocycles. The van der Waals surface area contributed by atoms with E-state index in [0.29, 0.717) is 16.3 Å². The molecule has 23 heavy (non-hydrogen) atoms. The fourth-order valence-electron chi connectivity index (χ4n) is 1.89. The molecule has 0 atom stereocenters. The smallest absolute Gasteiger partial charge is 0.416 e. The van der Waals surface area contributed by atoms with Gasteiger partial charge >= 0.3 is 12.1 Å². The molecule has 4 nitrogen and oxygen atoms in total. The Hall–Kier alpha value is -2.22. The zero-order valence-corrected chi connectivity index (χ0v) is 12.6. The van der Waals surface area contributed by atoms with Gasteiger partial charge in [-0.2, -0.15) is 13.2 Å². The van der Waals surface area contributed by atoms with Crippen molar-refractivity contribution in [2.24, 2.45) is 0 Å². The van der Waals surface area contributed by atoms with E-state index in [4.69, 9.17) is 5.11 Å². The van der Waals surface area contributed by atoms with E-state index in [1.807, 2.05) is 0 Å². The van der Waals surface area contributed by atoms with Gasteiger partial charge in [-0.25, -0.2) is 4.98 Å². The standard InChI is InChI=1S/C15H12F3NO3S/c16-15(17,18)10-3-1-2-9(6-10)14-19-11(8-23-14)7-12(20)4-5-13(21)22/h1-3,6,8H,4-5,7H2,(H,21,22). The number of carboxylic acids is 1. The van der Waals surface area contributed by atoms with Crippen molar-refractivity contribution in [2.75, 3.05) is 0 Å². The monoisotopic (exact) mass is 343 g/mol. The number of carbonyl (C=O) groups is 2. The van der Waals surface area contributed by atoms with Crippen LogP contribution in [0.25, 0.3) is 10.6 Å². The first kappa shape index (κ1) is 17.1. The molecule has 0 aliphatic carbocycles. The SMILES string of the molecule is O=C(O)CCC(=O)Cc1csc(-c2cccc(C(F)(F)F)c2)n1. The van der Waals surface area contributed by atoms with Crippen LogP contribution in [0.4, 0.5) is 13.2 Å². The third-order valence-corrected chi connectivity index (χ3v) is 3.92. The van der Waals surface area contributed by atoms with Gasteiger partial charge < -0.3 is 5.11 Å². The van der Waals surface area contributed by atoms with Gasteiger partial charge in [-0.1, -0.05) is 12.1 Å². The highest BCUT2D eigenvalue weighted by Crippen LogP contribution is 2.33. The summed E-state index contributed by atoms with van der Waals surface area (Å²) in [6.45, 7) is 0. The Kier molecular flexibility index (Phi) is 5.15. The molecule has 0 saturated carbocycles. The first-order valence-corrected chi connectivity index (χ1v) is 7.49. The van der Waals surface area contributed by atoms with E-state index in [2.05, 4.69) is 4.98 Å². The van der Waals surface area contributed by atoms with Gasteiger partial charge in [-0.3, -0.25) is 9.59 Å². The lowest BCUT2D eigenvalue weighted by Gasteiger charge is -2.07. The lowest BCUT2D eigenvalue weighted by atomic mass is 10.1. The van der Waals surface area contributed by atoms with Gasteiger partial charge in [0, 0.05) is 23.8 Å². The molecule has 0 amide bonds. The van der Waals surface area contributed by atoms with Crippen molar-refractivity contribution in [2.45, 2.75) is 25.4 Å². The van der Waals surface area contributed by atoms with E-state index >= 15 is 0 Å². The van der Waals surface area contributed by atoms with Crippen LogP contribution in [0.15, 0.2) is 29.6 Å². The van der Waals surface area contributed by atoms with E-state index in [1.165, 1.54) is 12.1 Å². The van der Waals surface area contributed by atoms with Crippen LogP contribution in [0.2, 0.25) is 0 Å². The number of hydrogen-bond acceptors (Lipinski definition) is 4. The molecular weight excluding hydrogens is 331 g/mol. The zero-order chi connectivity index (χ0) is 17.0. The Morgan fingerprint density at radius 3 is 2.61 bits per heavy atom. The minimum atomic E-state index is -4.43. The van der Waals surface area contributed by atoms with Crippen LogP contribution in [0.1, 0.15) is 24.1 Å². The molecule has 0 aliphatic heterocycles. The molecule has 0 fully saturated rings. The Bertz CT molecular complexity index is 725. The molecule has 0 unspecified atom stereocenters. The minimum absolute atomic E-state index is 0.0251. The van der Waals surface area contributed by atoms with E-state index in [9.17, 15) is 22.8 Å². The summed E-state index contributed by atoms with van der Waals surface area (Å²) in [6.07, 6.45) is -4.79. The van der Waals surface area contributed by atoms with Crippen molar-refractivity contribution in [1.82, 2.24) is 4.98 Å². The highest BCUT2D eigenvalue weighted by atomic mass is 32.1. The summed E-state index contributed by atoms with van der Waals surface area (Å²) in [7, 11) is 0. The summed E-state index contributed by atoms with van der Waals surface area (Å²) in [6, 6.07) is 4.81. The van der Waals surface area contributed by atoms with Gasteiger partial charge in [0.25, 0.3) is 0 Å². The Labute approximate surface area is 133 Å². The molecule has 1 aromatic carbocycles. The molecule has 1 N–H and O–H groups in total. The molecule has 1 heterocycles. The number of carboxylic acid groups (broad SMARTS) is 1. The highest BCUT2D eigenvalue weighted by Gasteiger charge is 2.30. The molecule has 0 bridgehead atoms. The van der Waals surface area contributed by atoms with Crippen LogP contribution >= 0.6 is 11.3 Å². The number of rotatable bonds is 6. The first-order chi connectivity index (χ1) is 10.8. The maximum absolute atomic E-state index is 12.7. The van der Waals surface area contributed by atoms with E-state index < -0.39 is 17.7 Å². The number of Topliss-reactive ketones (excluding diaryl/α,β-unsaturated/α-hetero) is 1. The zero-order valence-electron chi connectivity index (χ0n) is 11.8. The quantitative estimate of drug-likeness (QED) is 0.866. The summed E-state index contributed by atoms with van der Waals surface area (Å²) in [4.78, 5) is 26.2. The van der Waals surface area contributed by atoms with Gasteiger partial charge in [0.05, 0.1) is 17.7 Å². The maximum atomic E-state index is 12.7. The number of aliphatic carboxylic acids is 1. The molecule has 0 spiro atoms. The van der Waals surface area contributed by atoms with Crippen LogP contribution in [-0.4, -0.2) is 21.8 Å². The van der Waals surface area contributed by atoms with Crippen LogP contribution in [0, 0.1) is 0 Å². The van der Waals surface area contributed by atoms with Crippen LogP contribution in [0.5, 0.6) is 0 Å². The number of ketones is 1. The molecule has 2 aromatic rings. The van der Waals surface area contributed by atoms with E-state index in [1.54, 1.807) is 5.38 Å². The average Bonchev–Trinajstić information content (AvgIpc) is 2.93. The number of alkyl halides is 3. The number of aromatic nitrogens is 1. The van der Waals surface area contributed by atoms with Crippen molar-refractivity contribution in [3.8, 4) is 10.6 Å². The number of carbonyl (C=O) groups excluding carboxylic acids is 1. The number of thiazole rings is 1. The number of nitrogens with zero attached hydrogens (tertiary/aromatic N) is 1. The van der Waals surface area contributed by atoms with Crippen LogP contribution in [0.3, 0.4) is 0 Å². The fraction of sp³-hybridized carbons (Fsp3) is 0.267. The first-order valence-electron chi connectivity index (χ1n) is 6.61. The predicted molar refractivity (Wildman–Crippen MR) is 78.1 cm³/mol. The maximum Gasteiger partial charge on any atom is 0.416 e. The van der Waals surface area contributed by atoms with Crippen molar-refractivity contribution >= 4 is 23.1 Å². The topological polar surface area (TPSA) is 67.3 Å². The fourth-order valence-corrected chi connectivity index (χ4v) is 2.70. The van der Waals surface area contributed by atoms with Crippen molar-refractivity contribution in [1.29, 1.82) is 0 Å². The molecular formula is C15H12F3NO3S. The summed E-state index contributed by atoms with van der Waals surface area (Å²) in [5.74, 6) is -1.32. The van der Waals surface area contributed by atoms with Gasteiger partial charge in [-0.05, 0) is 12.1 Å². The van der Waals surface area contributed by atoms with Crippen LogP contribution < -0.4 is 0 Å². The Morgan fingerprint density at radius 1 is 1.22 bits per heavy atom. The van der Waals surface area contributed by atoms with Gasteiger partial charge in [-0.15, -0.1) is 11.3 Å². The minimum Gasteiger partial charge on any atom is -0.481 e. The number of benzene rings is 1. The Balaban J connectivity index is 2.10. The normalized spacial score (nSPS) is 11.4. The third kappa shape index (κ3) is 4.88.